The normalized spacial score (nSPS) is 22.5. The second-order valence-corrected chi connectivity index (χ2v) is 11.6. The molecule has 3 aromatic carbocycles. The lowest BCUT2D eigenvalue weighted by molar-refractivity contribution is -0.276. The average molecular weight is 617 g/mol. The molecule has 10 heteroatoms. The lowest BCUT2D eigenvalue weighted by Crippen LogP contribution is -2.51. The van der Waals surface area contributed by atoms with Crippen LogP contribution >= 0.6 is 0 Å². The fourth-order valence-electron chi connectivity index (χ4n) is 5.86. The number of carbonyl (C=O) groups is 2. The molecule has 0 radical (unpaired) electrons. The van der Waals surface area contributed by atoms with Crippen LogP contribution in [0.15, 0.2) is 78.9 Å². The predicted octanol–water partition coefficient (Wildman–Crippen LogP) is 4.47. The summed E-state index contributed by atoms with van der Waals surface area (Å²) in [6.07, 6.45) is -0.987. The van der Waals surface area contributed by atoms with Crippen LogP contribution in [0.3, 0.4) is 0 Å². The largest absolute Gasteiger partial charge is 0.465 e. The monoisotopic (exact) mass is 616 g/mol. The third-order valence-electron chi connectivity index (χ3n) is 8.39. The summed E-state index contributed by atoms with van der Waals surface area (Å²) < 4.78 is 18.1. The van der Waals surface area contributed by atoms with Gasteiger partial charge in [-0.25, -0.2) is 4.79 Å². The van der Waals surface area contributed by atoms with Gasteiger partial charge in [-0.05, 0) is 35.7 Å². The molecule has 2 heterocycles. The van der Waals surface area contributed by atoms with Crippen molar-refractivity contribution in [1.29, 1.82) is 0 Å². The number of nitrogens with zero attached hydrogens (tertiary/aromatic N) is 2. The molecule has 4 atom stereocenters. The molecule has 3 N–H and O–H groups in total. The van der Waals surface area contributed by atoms with Gasteiger partial charge in [0.15, 0.2) is 6.29 Å². The Morgan fingerprint density at radius 1 is 0.889 bits per heavy atom. The summed E-state index contributed by atoms with van der Waals surface area (Å²) in [6.45, 7) is 9.54. The molecule has 240 valence electrons. The average Bonchev–Trinajstić information content (AvgIpc) is 3.06. The number of piperazine rings is 1. The van der Waals surface area contributed by atoms with Crippen LogP contribution in [0.1, 0.15) is 48.5 Å². The Balaban J connectivity index is 1.27. The van der Waals surface area contributed by atoms with Crippen LogP contribution < -0.4 is 10.6 Å². The summed E-state index contributed by atoms with van der Waals surface area (Å²) in [5.41, 5.74) is 4.53. The van der Waals surface area contributed by atoms with E-state index in [-0.39, 0.29) is 37.9 Å². The number of urea groups is 1. The first-order valence-electron chi connectivity index (χ1n) is 15.7. The summed E-state index contributed by atoms with van der Waals surface area (Å²) in [5, 5.41) is 14.9. The zero-order valence-electron chi connectivity index (χ0n) is 26.1. The predicted molar refractivity (Wildman–Crippen MR) is 171 cm³/mol. The van der Waals surface area contributed by atoms with Crippen LogP contribution in [-0.2, 0) is 32.2 Å². The van der Waals surface area contributed by atoms with Gasteiger partial charge in [0, 0.05) is 56.4 Å². The van der Waals surface area contributed by atoms with Gasteiger partial charge in [0.1, 0.15) is 6.54 Å². The Morgan fingerprint density at radius 3 is 2.33 bits per heavy atom. The van der Waals surface area contributed by atoms with Gasteiger partial charge >= 0.3 is 12.0 Å². The number of amides is 2. The van der Waals surface area contributed by atoms with Gasteiger partial charge in [-0.1, -0.05) is 73.7 Å². The van der Waals surface area contributed by atoms with E-state index < -0.39 is 18.3 Å². The maximum atomic E-state index is 12.4. The van der Waals surface area contributed by atoms with Crippen LogP contribution in [0.4, 0.5) is 10.5 Å². The fourth-order valence-corrected chi connectivity index (χ4v) is 5.86. The molecule has 2 aliphatic rings. The second-order valence-electron chi connectivity index (χ2n) is 11.6. The molecule has 45 heavy (non-hydrogen) atoms. The quantitative estimate of drug-likeness (QED) is 0.271. The molecular formula is C35H44N4O6. The van der Waals surface area contributed by atoms with Gasteiger partial charge in [0.2, 0.25) is 0 Å². The highest BCUT2D eigenvalue weighted by atomic mass is 16.7. The molecule has 2 aliphatic heterocycles. The van der Waals surface area contributed by atoms with Crippen molar-refractivity contribution < 1.29 is 28.9 Å². The van der Waals surface area contributed by atoms with Crippen molar-refractivity contribution in [3.63, 3.8) is 0 Å². The third kappa shape index (κ3) is 9.12. The Hall–Kier alpha value is -3.80. The highest BCUT2D eigenvalue weighted by Gasteiger charge is 2.39. The van der Waals surface area contributed by atoms with Crippen molar-refractivity contribution in [2.45, 2.75) is 45.5 Å². The molecule has 2 saturated heterocycles. The molecule has 0 aromatic heterocycles. The van der Waals surface area contributed by atoms with Crippen LogP contribution in [0, 0.1) is 5.92 Å². The van der Waals surface area contributed by atoms with Gasteiger partial charge in [0.05, 0.1) is 25.4 Å². The van der Waals surface area contributed by atoms with Crippen molar-refractivity contribution in [2.24, 2.45) is 5.92 Å². The number of hydrogen-bond donors (Lipinski definition) is 3. The molecule has 2 amide bonds. The SMILES string of the molecule is CCOC(=O)CNC(=O)Nc1cccc([C@H]2O[C@@H](CN3CCN(Cc4ccccc4)CC3)[C@@H](C)[C@@H](c3ccc(CO)cc3)O2)c1. The van der Waals surface area contributed by atoms with Crippen LogP contribution in [-0.4, -0.2) is 78.9 Å². The molecule has 2 fully saturated rings. The van der Waals surface area contributed by atoms with E-state index in [1.165, 1.54) is 5.56 Å². The van der Waals surface area contributed by atoms with Crippen LogP contribution in [0.2, 0.25) is 0 Å². The van der Waals surface area contributed by atoms with Crippen molar-refractivity contribution in [1.82, 2.24) is 15.1 Å². The van der Waals surface area contributed by atoms with E-state index in [0.29, 0.717) is 5.69 Å². The Kier molecular flexibility index (Phi) is 11.6. The minimum atomic E-state index is -0.655. The van der Waals surface area contributed by atoms with E-state index >= 15 is 0 Å². The number of ether oxygens (including phenoxy) is 3. The van der Waals surface area contributed by atoms with E-state index in [0.717, 1.165) is 56.0 Å². The number of carbonyl (C=O) groups excluding carboxylic acids is 2. The lowest BCUT2D eigenvalue weighted by Gasteiger charge is -2.44. The number of aliphatic hydroxyl groups is 1. The number of anilines is 1. The molecule has 3 aromatic rings. The number of aliphatic hydroxyl groups excluding tert-OH is 1. The van der Waals surface area contributed by atoms with Gasteiger partial charge in [-0.2, -0.15) is 0 Å². The van der Waals surface area contributed by atoms with Gasteiger partial charge in [0.25, 0.3) is 0 Å². The number of benzene rings is 3. The molecule has 0 aliphatic carbocycles. The van der Waals surface area contributed by atoms with Crippen LogP contribution in [0.25, 0.3) is 0 Å². The number of esters is 1. The molecule has 0 saturated carbocycles. The zero-order chi connectivity index (χ0) is 31.6. The van der Waals surface area contributed by atoms with E-state index in [1.807, 2.05) is 42.5 Å². The summed E-state index contributed by atoms with van der Waals surface area (Å²) in [5.74, 6) is -0.431. The molecule has 5 rings (SSSR count). The lowest BCUT2D eigenvalue weighted by atomic mass is 9.90. The first-order chi connectivity index (χ1) is 21.9. The van der Waals surface area contributed by atoms with Crippen molar-refractivity contribution in [3.8, 4) is 0 Å². The van der Waals surface area contributed by atoms with Gasteiger partial charge in [-0.15, -0.1) is 0 Å². The summed E-state index contributed by atoms with van der Waals surface area (Å²) >= 11 is 0. The molecule has 0 unspecified atom stereocenters. The third-order valence-corrected chi connectivity index (χ3v) is 8.39. The summed E-state index contributed by atoms with van der Waals surface area (Å²) in [6, 6.07) is 25.3. The standard InChI is InChI=1S/C35H44N4O6/c1-3-43-32(41)21-36-35(42)37-30-11-7-10-29(20-30)34-44-31(25(2)33(45-34)28-14-12-27(24-40)13-15-28)23-39-18-16-38(17-19-39)22-26-8-5-4-6-9-26/h4-15,20,25,31,33-34,40H,3,16-19,21-24H2,1-2H3,(H2,36,37,42)/t25-,31+,33+,34+/m1/s1. The van der Waals surface area contributed by atoms with Crippen molar-refractivity contribution >= 4 is 17.7 Å². The number of hydrogen-bond acceptors (Lipinski definition) is 8. The van der Waals surface area contributed by atoms with E-state index in [1.54, 1.807) is 13.0 Å². The fraction of sp³-hybridized carbons (Fsp3) is 0.429. The first-order valence-corrected chi connectivity index (χ1v) is 15.7. The summed E-state index contributed by atoms with van der Waals surface area (Å²) in [7, 11) is 0. The molecule has 10 nitrogen and oxygen atoms in total. The maximum Gasteiger partial charge on any atom is 0.325 e. The Morgan fingerprint density at radius 2 is 1.62 bits per heavy atom. The Bertz CT molecular complexity index is 1380. The second kappa shape index (κ2) is 16.0. The Labute approximate surface area is 265 Å². The first kappa shape index (κ1) is 32.6. The highest BCUT2D eigenvalue weighted by Crippen LogP contribution is 2.42. The van der Waals surface area contributed by atoms with Crippen molar-refractivity contribution in [2.75, 3.05) is 51.2 Å². The molecule has 0 spiro atoms. The van der Waals surface area contributed by atoms with Crippen molar-refractivity contribution in [3.05, 3.63) is 101 Å². The molecular weight excluding hydrogens is 572 g/mol. The highest BCUT2D eigenvalue weighted by molar-refractivity contribution is 5.91. The number of rotatable bonds is 11. The zero-order valence-corrected chi connectivity index (χ0v) is 26.1. The minimum absolute atomic E-state index is 0.0148. The smallest absolute Gasteiger partial charge is 0.325 e. The van der Waals surface area contributed by atoms with E-state index in [4.69, 9.17) is 14.2 Å². The van der Waals surface area contributed by atoms with Gasteiger partial charge in [-0.3, -0.25) is 14.6 Å². The number of nitrogens with one attached hydrogen (secondary N) is 2. The van der Waals surface area contributed by atoms with Crippen LogP contribution in [0.5, 0.6) is 0 Å². The maximum absolute atomic E-state index is 12.4. The van der Waals surface area contributed by atoms with E-state index in [2.05, 4.69) is 57.7 Å². The molecule has 0 bridgehead atoms. The van der Waals surface area contributed by atoms with E-state index in [9.17, 15) is 14.7 Å². The van der Waals surface area contributed by atoms with Gasteiger partial charge < -0.3 is 30.0 Å². The topological polar surface area (TPSA) is 113 Å². The summed E-state index contributed by atoms with van der Waals surface area (Å²) in [4.78, 5) is 29.0. The minimum Gasteiger partial charge on any atom is -0.465 e.